The first-order valence-electron chi connectivity index (χ1n) is 8.93. The predicted molar refractivity (Wildman–Crippen MR) is 94.7 cm³/mol. The molecule has 0 aliphatic heterocycles. The molecule has 1 fully saturated rings. The van der Waals surface area contributed by atoms with Crippen LogP contribution in [0.5, 0.6) is 0 Å². The highest BCUT2D eigenvalue weighted by atomic mass is 16.5. The number of ether oxygens (including phenoxy) is 1. The van der Waals surface area contributed by atoms with Crippen LogP contribution in [0.1, 0.15) is 44.6 Å². The van der Waals surface area contributed by atoms with E-state index in [0.29, 0.717) is 12.1 Å². The molecule has 0 radical (unpaired) electrons. The fourth-order valence-corrected chi connectivity index (χ4v) is 3.25. The van der Waals surface area contributed by atoms with Crippen molar-refractivity contribution in [1.29, 1.82) is 0 Å². The maximum atomic E-state index is 12.7. The number of nitrogens with zero attached hydrogens (tertiary/aromatic N) is 1. The molecule has 1 unspecified atom stereocenters. The molecule has 1 aliphatic rings. The van der Waals surface area contributed by atoms with Crippen LogP contribution in [-0.2, 0) is 15.1 Å². The Hall–Kier alpha value is -1.87. The molecule has 136 valence electrons. The van der Waals surface area contributed by atoms with Gasteiger partial charge in [0, 0.05) is 12.5 Å². The number of esters is 1. The van der Waals surface area contributed by atoms with E-state index in [2.05, 4.69) is 11.8 Å². The highest BCUT2D eigenvalue weighted by Gasteiger charge is 2.46. The van der Waals surface area contributed by atoms with Crippen LogP contribution < -0.4 is 0 Å². The fraction of sp³-hybridized carbons (Fsp3) is 0.550. The van der Waals surface area contributed by atoms with Crippen molar-refractivity contribution in [2.24, 2.45) is 5.92 Å². The standard InChI is InChI=1S/C20H27NO4/c1-2-21(24)15-9-10-16-25-19(22)20(23,17-11-5-3-6-12-17)18-13-7-4-8-14-18/h3,5-6,11-12,18,23-24H,2,4,7-8,13-16H2,1H3. The van der Waals surface area contributed by atoms with Gasteiger partial charge in [0.2, 0.25) is 0 Å². The van der Waals surface area contributed by atoms with Crippen molar-refractivity contribution >= 4 is 5.97 Å². The molecular formula is C20H27NO4. The monoisotopic (exact) mass is 345 g/mol. The second kappa shape index (κ2) is 9.57. The molecule has 1 atom stereocenters. The van der Waals surface area contributed by atoms with Crippen molar-refractivity contribution in [3.8, 4) is 11.8 Å². The first-order chi connectivity index (χ1) is 12.1. The van der Waals surface area contributed by atoms with Crippen LogP contribution in [-0.4, -0.2) is 41.0 Å². The van der Waals surface area contributed by atoms with Crippen molar-refractivity contribution < 1.29 is 19.8 Å². The Balaban J connectivity index is 2.08. The minimum absolute atomic E-state index is 0.0990. The summed E-state index contributed by atoms with van der Waals surface area (Å²) in [4.78, 5) is 12.7. The van der Waals surface area contributed by atoms with E-state index < -0.39 is 11.6 Å². The van der Waals surface area contributed by atoms with E-state index in [1.807, 2.05) is 25.1 Å². The zero-order valence-corrected chi connectivity index (χ0v) is 14.8. The Bertz CT molecular complexity index is 601. The summed E-state index contributed by atoms with van der Waals surface area (Å²) in [6, 6.07) is 9.03. The largest absolute Gasteiger partial charge is 0.450 e. The Morgan fingerprint density at radius 1 is 1.24 bits per heavy atom. The maximum Gasteiger partial charge on any atom is 0.344 e. The molecule has 25 heavy (non-hydrogen) atoms. The molecule has 5 heteroatoms. The predicted octanol–water partition coefficient (Wildman–Crippen LogP) is 2.71. The summed E-state index contributed by atoms with van der Waals surface area (Å²) in [5.41, 5.74) is -1.05. The van der Waals surface area contributed by atoms with Gasteiger partial charge < -0.3 is 15.1 Å². The van der Waals surface area contributed by atoms with Crippen molar-refractivity contribution in [3.05, 3.63) is 35.9 Å². The van der Waals surface area contributed by atoms with E-state index in [1.54, 1.807) is 12.1 Å². The van der Waals surface area contributed by atoms with Crippen LogP contribution >= 0.6 is 0 Å². The molecule has 1 aliphatic carbocycles. The van der Waals surface area contributed by atoms with Gasteiger partial charge in [0.25, 0.3) is 0 Å². The summed E-state index contributed by atoms with van der Waals surface area (Å²) in [6.07, 6.45) is 4.77. The number of hydroxylamine groups is 2. The molecule has 0 aromatic heterocycles. The van der Waals surface area contributed by atoms with Gasteiger partial charge in [-0.25, -0.2) is 4.79 Å². The van der Waals surface area contributed by atoms with E-state index in [1.165, 1.54) is 0 Å². The van der Waals surface area contributed by atoms with Crippen molar-refractivity contribution in [1.82, 2.24) is 5.06 Å². The molecule has 0 heterocycles. The summed E-state index contributed by atoms with van der Waals surface area (Å²) in [5.74, 6) is 4.65. The third kappa shape index (κ3) is 5.05. The van der Waals surface area contributed by atoms with Gasteiger partial charge >= 0.3 is 5.97 Å². The molecule has 0 spiro atoms. The molecule has 2 rings (SSSR count). The van der Waals surface area contributed by atoms with E-state index in [-0.39, 0.29) is 19.1 Å². The van der Waals surface area contributed by atoms with Gasteiger partial charge in [0.05, 0.1) is 6.54 Å². The van der Waals surface area contributed by atoms with Gasteiger partial charge in [-0.3, -0.25) is 0 Å². The fourth-order valence-electron chi connectivity index (χ4n) is 3.25. The molecule has 5 nitrogen and oxygen atoms in total. The van der Waals surface area contributed by atoms with Crippen LogP contribution in [0.15, 0.2) is 30.3 Å². The van der Waals surface area contributed by atoms with Gasteiger partial charge in [-0.2, -0.15) is 5.06 Å². The highest BCUT2D eigenvalue weighted by molar-refractivity contribution is 5.81. The molecule has 1 saturated carbocycles. The number of hydrogen-bond acceptors (Lipinski definition) is 5. The average molecular weight is 345 g/mol. The second-order valence-electron chi connectivity index (χ2n) is 6.38. The summed E-state index contributed by atoms with van der Waals surface area (Å²) in [7, 11) is 0. The van der Waals surface area contributed by atoms with Crippen LogP contribution in [0.2, 0.25) is 0 Å². The quantitative estimate of drug-likeness (QED) is 0.471. The van der Waals surface area contributed by atoms with Crippen LogP contribution in [0.4, 0.5) is 0 Å². The third-order valence-corrected chi connectivity index (χ3v) is 4.75. The zero-order valence-electron chi connectivity index (χ0n) is 14.8. The minimum Gasteiger partial charge on any atom is -0.450 e. The number of hydrogen-bond donors (Lipinski definition) is 2. The minimum atomic E-state index is -1.63. The van der Waals surface area contributed by atoms with E-state index >= 15 is 0 Å². The van der Waals surface area contributed by atoms with E-state index in [0.717, 1.165) is 37.2 Å². The lowest BCUT2D eigenvalue weighted by Gasteiger charge is -2.36. The average Bonchev–Trinajstić information content (AvgIpc) is 2.68. The number of benzene rings is 1. The number of aliphatic hydroxyl groups is 1. The van der Waals surface area contributed by atoms with Gasteiger partial charge in [0.15, 0.2) is 12.2 Å². The Morgan fingerprint density at radius 2 is 1.92 bits per heavy atom. The van der Waals surface area contributed by atoms with Crippen molar-refractivity contribution in [2.45, 2.75) is 44.6 Å². The molecule has 0 amide bonds. The van der Waals surface area contributed by atoms with Gasteiger partial charge in [-0.15, -0.1) is 0 Å². The van der Waals surface area contributed by atoms with Gasteiger partial charge in [-0.1, -0.05) is 68.4 Å². The van der Waals surface area contributed by atoms with Crippen LogP contribution in [0.25, 0.3) is 0 Å². The molecule has 2 N–H and O–H groups in total. The summed E-state index contributed by atoms with van der Waals surface area (Å²) in [6.45, 7) is 2.38. The number of rotatable bonds is 6. The Labute approximate surface area is 149 Å². The lowest BCUT2D eigenvalue weighted by atomic mass is 9.73. The molecular weight excluding hydrogens is 318 g/mol. The molecule has 0 bridgehead atoms. The first kappa shape index (κ1) is 19.5. The van der Waals surface area contributed by atoms with Crippen LogP contribution in [0, 0.1) is 17.8 Å². The lowest BCUT2D eigenvalue weighted by Crippen LogP contribution is -2.45. The summed E-state index contributed by atoms with van der Waals surface area (Å²) < 4.78 is 5.27. The maximum absolute atomic E-state index is 12.7. The summed E-state index contributed by atoms with van der Waals surface area (Å²) >= 11 is 0. The third-order valence-electron chi connectivity index (χ3n) is 4.75. The van der Waals surface area contributed by atoms with Crippen molar-refractivity contribution in [2.75, 3.05) is 19.7 Å². The lowest BCUT2D eigenvalue weighted by molar-refractivity contribution is -0.174. The van der Waals surface area contributed by atoms with Crippen molar-refractivity contribution in [3.63, 3.8) is 0 Å². The second-order valence-corrected chi connectivity index (χ2v) is 6.38. The molecule has 0 saturated heterocycles. The van der Waals surface area contributed by atoms with Gasteiger partial charge in [0.1, 0.15) is 0 Å². The normalized spacial score (nSPS) is 17.4. The van der Waals surface area contributed by atoms with Crippen LogP contribution in [0.3, 0.4) is 0 Å². The topological polar surface area (TPSA) is 70.0 Å². The zero-order chi connectivity index (χ0) is 18.1. The van der Waals surface area contributed by atoms with E-state index in [4.69, 9.17) is 4.74 Å². The summed E-state index contributed by atoms with van der Waals surface area (Å²) in [5, 5.41) is 21.7. The van der Waals surface area contributed by atoms with E-state index in [9.17, 15) is 15.1 Å². The van der Waals surface area contributed by atoms with Gasteiger partial charge in [-0.05, 0) is 18.4 Å². The SMILES string of the molecule is CCN(O)CC#CCOC(=O)C(O)(c1ccccc1)C1CCCCC1. The Morgan fingerprint density at radius 3 is 2.56 bits per heavy atom. The molecule has 1 aromatic rings. The number of carbonyl (C=O) groups excluding carboxylic acids is 1. The highest BCUT2D eigenvalue weighted by Crippen LogP contribution is 2.40. The first-order valence-corrected chi connectivity index (χ1v) is 8.93. The number of carbonyl (C=O) groups is 1. The smallest absolute Gasteiger partial charge is 0.344 e. The Kier molecular flexibility index (Phi) is 7.45. The molecule has 1 aromatic carbocycles.